The van der Waals surface area contributed by atoms with Crippen LogP contribution in [0.5, 0.6) is 5.75 Å². The number of carbonyl (C=O) groups excluding carboxylic acids is 1. The van der Waals surface area contributed by atoms with Crippen LogP contribution in [0.15, 0.2) is 36.7 Å². The van der Waals surface area contributed by atoms with Gasteiger partial charge >= 0.3 is 5.97 Å². The molecule has 0 atom stereocenters. The molecule has 2 aromatic rings. The highest BCUT2D eigenvalue weighted by molar-refractivity contribution is 5.75. The second kappa shape index (κ2) is 16.9. The summed E-state index contributed by atoms with van der Waals surface area (Å²) in [5, 5.41) is 0. The number of carbonyl (C=O) groups is 1. The van der Waals surface area contributed by atoms with Gasteiger partial charge in [-0.3, -0.25) is 4.79 Å². The van der Waals surface area contributed by atoms with Crippen molar-refractivity contribution in [2.75, 3.05) is 0 Å². The molecular weight excluding hydrogens is 492 g/mol. The van der Waals surface area contributed by atoms with Gasteiger partial charge in [-0.1, -0.05) is 84.5 Å². The zero-order valence-corrected chi connectivity index (χ0v) is 25.4. The van der Waals surface area contributed by atoms with Crippen LogP contribution in [-0.2, 0) is 4.79 Å². The Morgan fingerprint density at radius 3 is 1.85 bits per heavy atom. The molecule has 1 aromatic heterocycles. The van der Waals surface area contributed by atoms with Gasteiger partial charge in [0.05, 0.1) is 5.92 Å². The molecule has 40 heavy (non-hydrogen) atoms. The highest BCUT2D eigenvalue weighted by Crippen LogP contribution is 2.38. The van der Waals surface area contributed by atoms with Gasteiger partial charge in [0, 0.05) is 18.0 Å². The molecule has 1 heterocycles. The Balaban J connectivity index is 1.17. The summed E-state index contributed by atoms with van der Waals surface area (Å²) in [6.07, 6.45) is 28.6. The molecule has 0 amide bonds. The Morgan fingerprint density at radius 2 is 1.23 bits per heavy atom. The number of unbranched alkanes of at least 4 members (excludes halogenated alkanes) is 7. The number of ether oxygens (including phenoxy) is 1. The predicted octanol–water partition coefficient (Wildman–Crippen LogP) is 10.5. The first kappa shape index (κ1) is 30.7. The van der Waals surface area contributed by atoms with Crippen LogP contribution < -0.4 is 4.74 Å². The smallest absolute Gasteiger partial charge is 0.314 e. The standard InChI is InChI=1S/C36H54N2O2/c1-3-5-7-8-9-11-13-29-14-18-30(19-15-29)33-26-37-35(38-27-33)31-22-24-34(25-23-31)40-36(39)32-20-16-28(17-21-32)12-10-6-4-2/h22-30,32H,3-21H2,1-2H3. The van der Waals surface area contributed by atoms with E-state index in [-0.39, 0.29) is 11.9 Å². The van der Waals surface area contributed by atoms with Gasteiger partial charge in [-0.05, 0) is 98.9 Å². The molecule has 1 aromatic carbocycles. The van der Waals surface area contributed by atoms with Crippen molar-refractivity contribution in [1.29, 1.82) is 0 Å². The maximum atomic E-state index is 12.8. The van der Waals surface area contributed by atoms with E-state index in [9.17, 15) is 4.79 Å². The molecule has 0 unspecified atom stereocenters. The first-order valence-electron chi connectivity index (χ1n) is 16.8. The first-order chi connectivity index (χ1) is 19.7. The third-order valence-corrected chi connectivity index (χ3v) is 9.68. The summed E-state index contributed by atoms with van der Waals surface area (Å²) in [4.78, 5) is 22.2. The second-order valence-electron chi connectivity index (χ2n) is 12.8. The van der Waals surface area contributed by atoms with Gasteiger partial charge in [0.2, 0.25) is 0 Å². The van der Waals surface area contributed by atoms with Crippen molar-refractivity contribution >= 4 is 5.97 Å². The normalized spacial score (nSPS) is 23.1. The van der Waals surface area contributed by atoms with E-state index in [1.54, 1.807) is 0 Å². The van der Waals surface area contributed by atoms with Crippen molar-refractivity contribution in [3.05, 3.63) is 42.2 Å². The molecule has 0 aliphatic heterocycles. The quantitative estimate of drug-likeness (QED) is 0.127. The van der Waals surface area contributed by atoms with E-state index in [2.05, 4.69) is 13.8 Å². The summed E-state index contributed by atoms with van der Waals surface area (Å²) in [5.74, 6) is 3.65. The molecule has 2 fully saturated rings. The SMILES string of the molecule is CCCCCCCCC1CCC(c2cnc(-c3ccc(OC(=O)C4CCC(CCCCC)CC4)cc3)nc2)CC1. The van der Waals surface area contributed by atoms with Gasteiger partial charge in [-0.25, -0.2) is 9.97 Å². The zero-order chi connectivity index (χ0) is 28.0. The lowest BCUT2D eigenvalue weighted by atomic mass is 9.77. The first-order valence-corrected chi connectivity index (χ1v) is 16.8. The van der Waals surface area contributed by atoms with Crippen LogP contribution >= 0.6 is 0 Å². The Labute approximate surface area is 244 Å². The van der Waals surface area contributed by atoms with Crippen LogP contribution in [0.2, 0.25) is 0 Å². The maximum absolute atomic E-state index is 12.8. The summed E-state index contributed by atoms with van der Waals surface area (Å²) in [6.45, 7) is 4.54. The largest absolute Gasteiger partial charge is 0.426 e. The third kappa shape index (κ3) is 9.70. The van der Waals surface area contributed by atoms with E-state index in [1.165, 1.54) is 102 Å². The monoisotopic (exact) mass is 546 g/mol. The van der Waals surface area contributed by atoms with Gasteiger partial charge in [0.1, 0.15) is 5.75 Å². The molecule has 0 spiro atoms. The summed E-state index contributed by atoms with van der Waals surface area (Å²) in [6, 6.07) is 7.70. The van der Waals surface area contributed by atoms with Gasteiger partial charge in [-0.15, -0.1) is 0 Å². The molecule has 2 aliphatic carbocycles. The highest BCUT2D eigenvalue weighted by atomic mass is 16.5. The Kier molecular flexibility index (Phi) is 13.0. The molecule has 4 rings (SSSR count). The maximum Gasteiger partial charge on any atom is 0.314 e. The number of rotatable bonds is 15. The fraction of sp³-hybridized carbons (Fsp3) is 0.694. The van der Waals surface area contributed by atoms with Gasteiger partial charge in [0.15, 0.2) is 5.82 Å². The molecule has 2 aliphatic rings. The minimum Gasteiger partial charge on any atom is -0.426 e. The number of nitrogens with zero attached hydrogens (tertiary/aromatic N) is 2. The molecule has 4 heteroatoms. The van der Waals surface area contributed by atoms with Crippen LogP contribution in [0.3, 0.4) is 0 Å². The van der Waals surface area contributed by atoms with Crippen molar-refractivity contribution in [1.82, 2.24) is 9.97 Å². The van der Waals surface area contributed by atoms with Gasteiger partial charge < -0.3 is 4.74 Å². The van der Waals surface area contributed by atoms with Crippen molar-refractivity contribution in [3.63, 3.8) is 0 Å². The van der Waals surface area contributed by atoms with Crippen molar-refractivity contribution in [3.8, 4) is 17.1 Å². The molecule has 0 saturated heterocycles. The summed E-state index contributed by atoms with van der Waals surface area (Å²) in [5.41, 5.74) is 2.24. The molecule has 0 radical (unpaired) electrons. The number of hydrogen-bond acceptors (Lipinski definition) is 4. The fourth-order valence-corrected chi connectivity index (χ4v) is 6.94. The molecular formula is C36H54N2O2. The number of esters is 1. The van der Waals surface area contributed by atoms with E-state index in [0.717, 1.165) is 48.9 Å². The summed E-state index contributed by atoms with van der Waals surface area (Å²) < 4.78 is 5.75. The summed E-state index contributed by atoms with van der Waals surface area (Å²) >= 11 is 0. The highest BCUT2D eigenvalue weighted by Gasteiger charge is 2.27. The van der Waals surface area contributed by atoms with Crippen LogP contribution in [0.4, 0.5) is 0 Å². The van der Waals surface area contributed by atoms with Crippen LogP contribution in [0.1, 0.15) is 147 Å². The van der Waals surface area contributed by atoms with Crippen molar-refractivity contribution in [2.45, 2.75) is 142 Å². The number of benzene rings is 1. The predicted molar refractivity (Wildman–Crippen MR) is 165 cm³/mol. The van der Waals surface area contributed by atoms with E-state index >= 15 is 0 Å². The van der Waals surface area contributed by atoms with E-state index in [0.29, 0.717) is 11.7 Å². The Morgan fingerprint density at radius 1 is 0.700 bits per heavy atom. The number of hydrogen-bond donors (Lipinski definition) is 0. The zero-order valence-electron chi connectivity index (χ0n) is 25.4. The third-order valence-electron chi connectivity index (χ3n) is 9.68. The summed E-state index contributed by atoms with van der Waals surface area (Å²) in [7, 11) is 0. The Bertz CT molecular complexity index is 971. The lowest BCUT2D eigenvalue weighted by molar-refractivity contribution is -0.140. The Hall–Kier alpha value is -2.23. The molecule has 0 N–H and O–H groups in total. The van der Waals surface area contributed by atoms with Crippen molar-refractivity contribution < 1.29 is 9.53 Å². The van der Waals surface area contributed by atoms with Gasteiger partial charge in [0.25, 0.3) is 0 Å². The van der Waals surface area contributed by atoms with Crippen LogP contribution in [0.25, 0.3) is 11.4 Å². The minimum absolute atomic E-state index is 0.0450. The molecule has 0 bridgehead atoms. The van der Waals surface area contributed by atoms with E-state index in [4.69, 9.17) is 14.7 Å². The minimum atomic E-state index is -0.0675. The number of aromatic nitrogens is 2. The molecule has 4 nitrogen and oxygen atoms in total. The molecule has 2 saturated carbocycles. The average molecular weight is 547 g/mol. The van der Waals surface area contributed by atoms with E-state index in [1.807, 2.05) is 36.7 Å². The second-order valence-corrected chi connectivity index (χ2v) is 12.8. The van der Waals surface area contributed by atoms with E-state index < -0.39 is 0 Å². The lowest BCUT2D eigenvalue weighted by Gasteiger charge is -2.28. The van der Waals surface area contributed by atoms with Crippen LogP contribution in [0, 0.1) is 17.8 Å². The lowest BCUT2D eigenvalue weighted by Crippen LogP contribution is -2.25. The molecule has 220 valence electrons. The van der Waals surface area contributed by atoms with Crippen molar-refractivity contribution in [2.24, 2.45) is 17.8 Å². The fourth-order valence-electron chi connectivity index (χ4n) is 6.94. The average Bonchev–Trinajstić information content (AvgIpc) is 3.00. The topological polar surface area (TPSA) is 52.1 Å². The van der Waals surface area contributed by atoms with Gasteiger partial charge in [-0.2, -0.15) is 0 Å². The van der Waals surface area contributed by atoms with Crippen LogP contribution in [-0.4, -0.2) is 15.9 Å².